The highest BCUT2D eigenvalue weighted by molar-refractivity contribution is 7.16. The number of hydrogen-bond donors (Lipinski definition) is 1. The molecule has 1 aliphatic carbocycles. The van der Waals surface area contributed by atoms with Crippen LogP contribution in [0.1, 0.15) is 28.5 Å². The zero-order chi connectivity index (χ0) is 14.2. The van der Waals surface area contributed by atoms with E-state index in [-0.39, 0.29) is 0 Å². The van der Waals surface area contributed by atoms with E-state index in [1.54, 1.807) is 6.07 Å². The SMILES string of the molecule is N#CC1(C(O)c2ccc(Cl)s2)CCc2ccccc2C1. The summed E-state index contributed by atoms with van der Waals surface area (Å²) in [5, 5.41) is 20.3. The second-order valence-electron chi connectivity index (χ2n) is 5.26. The van der Waals surface area contributed by atoms with Crippen LogP contribution in [0.5, 0.6) is 0 Å². The van der Waals surface area contributed by atoms with Crippen molar-refractivity contribution in [1.29, 1.82) is 5.26 Å². The Bertz CT molecular complexity index is 675. The third-order valence-electron chi connectivity index (χ3n) is 4.07. The first kappa shape index (κ1) is 13.6. The smallest absolute Gasteiger partial charge is 0.107 e. The van der Waals surface area contributed by atoms with Crippen LogP contribution in [0.25, 0.3) is 0 Å². The maximum atomic E-state index is 10.7. The highest BCUT2D eigenvalue weighted by atomic mass is 35.5. The van der Waals surface area contributed by atoms with E-state index in [0.717, 1.165) is 11.3 Å². The Kier molecular flexibility index (Phi) is 3.55. The number of fused-ring (bicyclic) bond motifs is 1. The first-order valence-electron chi connectivity index (χ1n) is 6.56. The summed E-state index contributed by atoms with van der Waals surface area (Å²) in [6.07, 6.45) is 1.33. The fourth-order valence-corrected chi connectivity index (χ4v) is 4.06. The van der Waals surface area contributed by atoms with Gasteiger partial charge in [-0.15, -0.1) is 11.3 Å². The van der Waals surface area contributed by atoms with Crippen LogP contribution in [-0.4, -0.2) is 5.11 Å². The van der Waals surface area contributed by atoms with Gasteiger partial charge in [0, 0.05) is 4.88 Å². The molecule has 1 N–H and O–H groups in total. The summed E-state index contributed by atoms with van der Waals surface area (Å²) in [4.78, 5) is 0.774. The molecule has 1 aromatic carbocycles. The number of halogens is 1. The molecular weight excluding hydrogens is 290 g/mol. The molecule has 3 rings (SSSR count). The molecule has 102 valence electrons. The van der Waals surface area contributed by atoms with Crippen molar-refractivity contribution >= 4 is 22.9 Å². The topological polar surface area (TPSA) is 44.0 Å². The lowest BCUT2D eigenvalue weighted by molar-refractivity contribution is 0.0556. The molecule has 1 aliphatic rings. The molecule has 0 fully saturated rings. The van der Waals surface area contributed by atoms with E-state index >= 15 is 0 Å². The van der Waals surface area contributed by atoms with Gasteiger partial charge in [0.05, 0.1) is 15.8 Å². The average Bonchev–Trinajstić information content (AvgIpc) is 2.92. The molecule has 0 bridgehead atoms. The predicted octanol–water partition coefficient (Wildman–Crippen LogP) is 4.13. The van der Waals surface area contributed by atoms with Crippen molar-refractivity contribution < 1.29 is 5.11 Å². The second kappa shape index (κ2) is 5.21. The summed E-state index contributed by atoms with van der Waals surface area (Å²) < 4.78 is 0.642. The zero-order valence-electron chi connectivity index (χ0n) is 10.8. The molecule has 4 heteroatoms. The Morgan fingerprint density at radius 1 is 1.25 bits per heavy atom. The molecule has 2 unspecified atom stereocenters. The van der Waals surface area contributed by atoms with Crippen molar-refractivity contribution in [2.24, 2.45) is 5.41 Å². The maximum absolute atomic E-state index is 10.7. The minimum Gasteiger partial charge on any atom is -0.386 e. The van der Waals surface area contributed by atoms with Gasteiger partial charge in [-0.2, -0.15) is 5.26 Å². The highest BCUT2D eigenvalue weighted by Gasteiger charge is 2.42. The lowest BCUT2D eigenvalue weighted by Crippen LogP contribution is -2.33. The average molecular weight is 304 g/mol. The van der Waals surface area contributed by atoms with Gasteiger partial charge in [0.15, 0.2) is 0 Å². The molecule has 0 saturated heterocycles. The minimum absolute atomic E-state index is 0.594. The van der Waals surface area contributed by atoms with Crippen molar-refractivity contribution in [3.05, 3.63) is 56.7 Å². The Hall–Kier alpha value is -1.34. The van der Waals surface area contributed by atoms with Crippen LogP contribution < -0.4 is 0 Å². The molecule has 0 spiro atoms. The maximum Gasteiger partial charge on any atom is 0.107 e. The number of aliphatic hydroxyl groups is 1. The number of nitrogens with zero attached hydrogens (tertiary/aromatic N) is 1. The van der Waals surface area contributed by atoms with Crippen LogP contribution in [-0.2, 0) is 12.8 Å². The summed E-state index contributed by atoms with van der Waals surface area (Å²) >= 11 is 7.29. The highest BCUT2D eigenvalue weighted by Crippen LogP contribution is 2.46. The number of aliphatic hydroxyl groups excluding tert-OH is 1. The van der Waals surface area contributed by atoms with Gasteiger partial charge in [-0.05, 0) is 42.5 Å². The number of nitriles is 1. The van der Waals surface area contributed by atoms with Crippen LogP contribution in [0.15, 0.2) is 36.4 Å². The molecule has 1 aromatic heterocycles. The number of thiophene rings is 1. The molecule has 0 radical (unpaired) electrons. The molecule has 1 heterocycles. The molecule has 0 aliphatic heterocycles. The predicted molar refractivity (Wildman–Crippen MR) is 80.8 cm³/mol. The number of hydrogen-bond acceptors (Lipinski definition) is 3. The van der Waals surface area contributed by atoms with Crippen molar-refractivity contribution in [2.75, 3.05) is 0 Å². The number of benzene rings is 1. The monoisotopic (exact) mass is 303 g/mol. The Morgan fingerprint density at radius 2 is 2.00 bits per heavy atom. The van der Waals surface area contributed by atoms with E-state index in [2.05, 4.69) is 18.2 Å². The van der Waals surface area contributed by atoms with Gasteiger partial charge in [0.1, 0.15) is 6.10 Å². The summed E-state index contributed by atoms with van der Waals surface area (Å²) in [7, 11) is 0. The standard InChI is InChI=1S/C16H14ClNOS/c17-14-6-5-13(20-14)15(19)16(10-18)8-7-11-3-1-2-4-12(11)9-16/h1-6,15,19H,7-9H2. The van der Waals surface area contributed by atoms with Crippen LogP contribution in [0.2, 0.25) is 4.34 Å². The van der Waals surface area contributed by atoms with E-state index in [4.69, 9.17) is 11.6 Å². The molecule has 0 saturated carbocycles. The third-order valence-corrected chi connectivity index (χ3v) is 5.36. The molecule has 2 nitrogen and oxygen atoms in total. The van der Waals surface area contributed by atoms with Crippen LogP contribution in [0.4, 0.5) is 0 Å². The third kappa shape index (κ3) is 2.25. The fourth-order valence-electron chi connectivity index (χ4n) is 2.90. The van der Waals surface area contributed by atoms with Crippen molar-refractivity contribution in [3.8, 4) is 6.07 Å². The Balaban J connectivity index is 1.96. The van der Waals surface area contributed by atoms with E-state index in [9.17, 15) is 10.4 Å². The Morgan fingerprint density at radius 3 is 2.65 bits per heavy atom. The van der Waals surface area contributed by atoms with Gasteiger partial charge < -0.3 is 5.11 Å². The second-order valence-corrected chi connectivity index (χ2v) is 7.00. The lowest BCUT2D eigenvalue weighted by Gasteiger charge is -2.35. The first-order chi connectivity index (χ1) is 9.64. The number of rotatable bonds is 2. The summed E-state index contributed by atoms with van der Waals surface area (Å²) in [5.74, 6) is 0. The summed E-state index contributed by atoms with van der Waals surface area (Å²) in [5.41, 5.74) is 1.71. The quantitative estimate of drug-likeness (QED) is 0.906. The Labute approximate surface area is 127 Å². The van der Waals surface area contributed by atoms with Gasteiger partial charge in [-0.3, -0.25) is 0 Å². The lowest BCUT2D eigenvalue weighted by atomic mass is 9.69. The van der Waals surface area contributed by atoms with E-state index < -0.39 is 11.5 Å². The van der Waals surface area contributed by atoms with Crippen molar-refractivity contribution in [1.82, 2.24) is 0 Å². The van der Waals surface area contributed by atoms with Crippen molar-refractivity contribution in [2.45, 2.75) is 25.4 Å². The van der Waals surface area contributed by atoms with E-state index in [1.165, 1.54) is 22.5 Å². The fraction of sp³-hybridized carbons (Fsp3) is 0.312. The molecule has 20 heavy (non-hydrogen) atoms. The molecular formula is C16H14ClNOS. The minimum atomic E-state index is -0.779. The molecule has 0 amide bonds. The number of aryl methyl sites for hydroxylation is 1. The van der Waals surface area contributed by atoms with Gasteiger partial charge in [-0.1, -0.05) is 35.9 Å². The van der Waals surface area contributed by atoms with Crippen molar-refractivity contribution in [3.63, 3.8) is 0 Å². The van der Waals surface area contributed by atoms with Crippen LogP contribution in [0.3, 0.4) is 0 Å². The first-order valence-corrected chi connectivity index (χ1v) is 7.75. The van der Waals surface area contributed by atoms with Crippen LogP contribution >= 0.6 is 22.9 Å². The molecule has 2 atom stereocenters. The van der Waals surface area contributed by atoms with E-state index in [1.807, 2.05) is 18.2 Å². The van der Waals surface area contributed by atoms with E-state index in [0.29, 0.717) is 17.2 Å². The summed E-state index contributed by atoms with van der Waals surface area (Å²) in [6.45, 7) is 0. The zero-order valence-corrected chi connectivity index (χ0v) is 12.4. The normalized spacial score (nSPS) is 22.9. The largest absolute Gasteiger partial charge is 0.386 e. The van der Waals surface area contributed by atoms with Crippen LogP contribution in [0, 0.1) is 16.7 Å². The summed E-state index contributed by atoms with van der Waals surface area (Å²) in [6, 6.07) is 14.1. The van der Waals surface area contributed by atoms with Gasteiger partial charge in [-0.25, -0.2) is 0 Å². The van der Waals surface area contributed by atoms with Gasteiger partial charge in [0.2, 0.25) is 0 Å². The van der Waals surface area contributed by atoms with Gasteiger partial charge in [0.25, 0.3) is 0 Å². The molecule has 2 aromatic rings. The van der Waals surface area contributed by atoms with Gasteiger partial charge >= 0.3 is 0 Å².